The Hall–Kier alpha value is -2.04. The third-order valence-electron chi connectivity index (χ3n) is 6.77. The highest BCUT2D eigenvalue weighted by molar-refractivity contribution is 5.59. The second kappa shape index (κ2) is 9.84. The Bertz CT molecular complexity index is 757. The summed E-state index contributed by atoms with van der Waals surface area (Å²) in [4.78, 5) is 2.53. The van der Waals surface area contributed by atoms with Crippen molar-refractivity contribution in [2.45, 2.75) is 78.4 Å². The van der Waals surface area contributed by atoms with E-state index in [1.807, 2.05) is 0 Å². The summed E-state index contributed by atoms with van der Waals surface area (Å²) in [6.45, 7) is 10.5. The van der Waals surface area contributed by atoms with Crippen LogP contribution in [0.2, 0.25) is 0 Å². The molecule has 4 nitrogen and oxygen atoms in total. The molecule has 0 aliphatic carbocycles. The van der Waals surface area contributed by atoms with Gasteiger partial charge in [-0.25, -0.2) is 0 Å². The molecule has 30 heavy (non-hydrogen) atoms. The molecule has 1 heterocycles. The Balaban J connectivity index is 2.18. The maximum Gasteiger partial charge on any atom is 0.0602 e. The molecule has 4 heteroatoms. The van der Waals surface area contributed by atoms with Crippen molar-refractivity contribution in [2.24, 2.45) is 0 Å². The maximum atomic E-state index is 10.1. The lowest BCUT2D eigenvalue weighted by Crippen LogP contribution is -2.39. The van der Waals surface area contributed by atoms with Crippen molar-refractivity contribution in [1.82, 2.24) is 4.90 Å². The highest BCUT2D eigenvalue weighted by atomic mass is 16.3. The minimum absolute atomic E-state index is 0.157. The van der Waals surface area contributed by atoms with Crippen molar-refractivity contribution in [2.75, 3.05) is 24.6 Å². The highest BCUT2D eigenvalue weighted by Crippen LogP contribution is 2.37. The van der Waals surface area contributed by atoms with Gasteiger partial charge in [-0.05, 0) is 71.9 Å². The zero-order chi connectivity index (χ0) is 21.8. The van der Waals surface area contributed by atoms with Crippen LogP contribution in [-0.4, -0.2) is 29.2 Å². The number of hydrogen-bond acceptors (Lipinski definition) is 4. The van der Waals surface area contributed by atoms with Crippen LogP contribution in [0.4, 0.5) is 11.4 Å². The summed E-state index contributed by atoms with van der Waals surface area (Å²) in [6, 6.07) is 9.37. The molecule has 0 aromatic heterocycles. The topological polar surface area (TPSA) is 75.5 Å². The van der Waals surface area contributed by atoms with Gasteiger partial charge in [0.25, 0.3) is 0 Å². The first-order valence-electron chi connectivity index (χ1n) is 11.7. The third-order valence-corrected chi connectivity index (χ3v) is 6.77. The molecular formula is C26H39N3O. The lowest BCUT2D eigenvalue weighted by Gasteiger charge is -2.38. The van der Waals surface area contributed by atoms with Crippen molar-refractivity contribution >= 4 is 11.4 Å². The van der Waals surface area contributed by atoms with E-state index < -0.39 is 0 Å². The number of nitrogens with zero attached hydrogens (tertiary/aromatic N) is 1. The zero-order valence-electron chi connectivity index (χ0n) is 19.2. The van der Waals surface area contributed by atoms with Gasteiger partial charge in [0.1, 0.15) is 0 Å². The number of aryl methyl sites for hydroxylation is 4. The van der Waals surface area contributed by atoms with Gasteiger partial charge in [0, 0.05) is 24.5 Å². The number of rotatable bonds is 7. The van der Waals surface area contributed by atoms with Crippen LogP contribution in [0, 0.1) is 0 Å². The molecule has 0 amide bonds. The SMILES string of the molecule is CCc1cc(C(c2cc(CC)c(N)c(CC)c2)N2CCC(O)CC2)cc(CC)c1N. The van der Waals surface area contributed by atoms with E-state index in [-0.39, 0.29) is 12.1 Å². The van der Waals surface area contributed by atoms with E-state index >= 15 is 0 Å². The average molecular weight is 410 g/mol. The van der Waals surface area contributed by atoms with E-state index in [9.17, 15) is 5.11 Å². The fourth-order valence-electron chi connectivity index (χ4n) is 4.86. The number of nitrogens with two attached hydrogens (primary N) is 2. The lowest BCUT2D eigenvalue weighted by molar-refractivity contribution is 0.0688. The first-order valence-corrected chi connectivity index (χ1v) is 11.7. The minimum atomic E-state index is -0.186. The Morgan fingerprint density at radius 2 is 1.10 bits per heavy atom. The van der Waals surface area contributed by atoms with Crippen LogP contribution in [0.5, 0.6) is 0 Å². The molecule has 1 aliphatic rings. The summed E-state index contributed by atoms with van der Waals surface area (Å²) >= 11 is 0. The van der Waals surface area contributed by atoms with Crippen LogP contribution in [-0.2, 0) is 25.7 Å². The molecule has 1 aliphatic heterocycles. The summed E-state index contributed by atoms with van der Waals surface area (Å²) in [6.07, 6.45) is 5.18. The number of piperidine rings is 1. The van der Waals surface area contributed by atoms with Crippen LogP contribution in [0.25, 0.3) is 0 Å². The Labute approximate surface area is 182 Å². The van der Waals surface area contributed by atoms with Gasteiger partial charge in [0.05, 0.1) is 12.1 Å². The summed E-state index contributed by atoms with van der Waals surface area (Å²) in [7, 11) is 0. The molecule has 3 rings (SSSR count). The largest absolute Gasteiger partial charge is 0.398 e. The minimum Gasteiger partial charge on any atom is -0.398 e. The zero-order valence-corrected chi connectivity index (χ0v) is 19.2. The number of anilines is 2. The summed E-state index contributed by atoms with van der Waals surface area (Å²) in [5.74, 6) is 0. The quantitative estimate of drug-likeness (QED) is 0.582. The van der Waals surface area contributed by atoms with Gasteiger partial charge in [0.15, 0.2) is 0 Å². The van der Waals surface area contributed by atoms with Gasteiger partial charge in [-0.3, -0.25) is 4.90 Å². The monoisotopic (exact) mass is 409 g/mol. The standard InChI is InChI=1S/C26H39N3O/c1-5-17-13-21(14-18(6-2)24(17)27)26(29-11-9-23(30)10-12-29)22-15-19(7-3)25(28)20(8-4)16-22/h13-16,23,26,30H,5-12,27-28H2,1-4H3. The first-order chi connectivity index (χ1) is 14.4. The second-order valence-corrected chi connectivity index (χ2v) is 8.59. The van der Waals surface area contributed by atoms with E-state index in [2.05, 4.69) is 56.9 Å². The summed E-state index contributed by atoms with van der Waals surface area (Å²) in [5, 5.41) is 10.1. The lowest BCUT2D eigenvalue weighted by atomic mass is 9.87. The van der Waals surface area contributed by atoms with Gasteiger partial charge in [-0.15, -0.1) is 0 Å². The first kappa shape index (κ1) is 22.6. The molecule has 164 valence electrons. The predicted molar refractivity (Wildman–Crippen MR) is 128 cm³/mol. The molecule has 1 saturated heterocycles. The second-order valence-electron chi connectivity index (χ2n) is 8.59. The maximum absolute atomic E-state index is 10.1. The van der Waals surface area contributed by atoms with Crippen LogP contribution in [0.1, 0.15) is 80.0 Å². The third kappa shape index (κ3) is 4.50. The Morgan fingerprint density at radius 1 is 0.767 bits per heavy atom. The fraction of sp³-hybridized carbons (Fsp3) is 0.538. The van der Waals surface area contributed by atoms with Crippen molar-refractivity contribution in [3.63, 3.8) is 0 Å². The van der Waals surface area contributed by atoms with E-state index in [0.29, 0.717) is 0 Å². The van der Waals surface area contributed by atoms with Crippen molar-refractivity contribution < 1.29 is 5.11 Å². The highest BCUT2D eigenvalue weighted by Gasteiger charge is 2.28. The van der Waals surface area contributed by atoms with E-state index in [1.165, 1.54) is 33.4 Å². The molecule has 0 saturated carbocycles. The fourth-order valence-corrected chi connectivity index (χ4v) is 4.86. The van der Waals surface area contributed by atoms with Crippen molar-refractivity contribution in [3.8, 4) is 0 Å². The molecule has 1 fully saturated rings. The average Bonchev–Trinajstić information content (AvgIpc) is 2.76. The van der Waals surface area contributed by atoms with Crippen molar-refractivity contribution in [3.05, 3.63) is 57.6 Å². The number of hydrogen-bond donors (Lipinski definition) is 3. The molecule has 0 atom stereocenters. The molecule has 0 bridgehead atoms. The van der Waals surface area contributed by atoms with Gasteiger partial charge in [-0.1, -0.05) is 52.0 Å². The Morgan fingerprint density at radius 3 is 1.40 bits per heavy atom. The molecule has 2 aromatic carbocycles. The molecule has 2 aromatic rings. The summed E-state index contributed by atoms with van der Waals surface area (Å²) in [5.41, 5.74) is 22.3. The Kier molecular flexibility index (Phi) is 7.43. The van der Waals surface area contributed by atoms with Crippen LogP contribution in [0.15, 0.2) is 24.3 Å². The van der Waals surface area contributed by atoms with E-state index in [1.54, 1.807) is 0 Å². The number of aliphatic hydroxyl groups excluding tert-OH is 1. The van der Waals surface area contributed by atoms with Crippen LogP contribution < -0.4 is 11.5 Å². The van der Waals surface area contributed by atoms with Gasteiger partial charge in [0.2, 0.25) is 0 Å². The predicted octanol–water partition coefficient (Wildman–Crippen LogP) is 4.65. The van der Waals surface area contributed by atoms with Crippen molar-refractivity contribution in [1.29, 1.82) is 0 Å². The molecule has 0 unspecified atom stereocenters. The molecule has 0 spiro atoms. The number of aliphatic hydroxyl groups is 1. The van der Waals surface area contributed by atoms with E-state index in [4.69, 9.17) is 11.5 Å². The smallest absolute Gasteiger partial charge is 0.0602 e. The van der Waals surface area contributed by atoms with Gasteiger partial charge < -0.3 is 16.6 Å². The molecule has 0 radical (unpaired) electrons. The van der Waals surface area contributed by atoms with E-state index in [0.717, 1.165) is 63.0 Å². The molecule has 5 N–H and O–H groups in total. The number of nitrogen functional groups attached to an aromatic ring is 2. The number of likely N-dealkylation sites (tertiary alicyclic amines) is 1. The van der Waals surface area contributed by atoms with Crippen LogP contribution >= 0.6 is 0 Å². The number of benzene rings is 2. The summed E-state index contributed by atoms with van der Waals surface area (Å²) < 4.78 is 0. The normalized spacial score (nSPS) is 15.8. The molecular weight excluding hydrogens is 370 g/mol. The van der Waals surface area contributed by atoms with Gasteiger partial charge >= 0.3 is 0 Å². The van der Waals surface area contributed by atoms with Crippen LogP contribution in [0.3, 0.4) is 0 Å². The van der Waals surface area contributed by atoms with Gasteiger partial charge in [-0.2, -0.15) is 0 Å².